The third kappa shape index (κ3) is 3.48. The van der Waals surface area contributed by atoms with Crippen LogP contribution in [0, 0.1) is 11.3 Å². The normalized spacial score (nSPS) is 14.7. The van der Waals surface area contributed by atoms with Gasteiger partial charge < -0.3 is 9.63 Å². The first-order chi connectivity index (χ1) is 8.40. The Morgan fingerprint density at radius 3 is 2.72 bits per heavy atom. The van der Waals surface area contributed by atoms with Crippen molar-refractivity contribution in [3.8, 4) is 0 Å². The fourth-order valence-corrected chi connectivity index (χ4v) is 1.96. The van der Waals surface area contributed by atoms with Crippen molar-refractivity contribution < 1.29 is 14.4 Å². The smallest absolute Gasteiger partial charge is 0.310 e. The largest absolute Gasteiger partial charge is 0.481 e. The van der Waals surface area contributed by atoms with Crippen LogP contribution < -0.4 is 0 Å². The molecule has 0 aliphatic rings. The van der Waals surface area contributed by atoms with Gasteiger partial charge in [0.2, 0.25) is 5.89 Å². The maximum atomic E-state index is 11.4. The van der Waals surface area contributed by atoms with E-state index in [9.17, 15) is 9.90 Å². The molecule has 18 heavy (non-hydrogen) atoms. The highest BCUT2D eigenvalue weighted by atomic mass is 32.2. The zero-order valence-electron chi connectivity index (χ0n) is 11.3. The predicted octanol–water partition coefficient (Wildman–Crippen LogP) is 2.61. The number of nitrogens with zero attached hydrogens (tertiary/aromatic N) is 2. The fraction of sp³-hybridized carbons (Fsp3) is 0.750. The molecule has 0 aliphatic carbocycles. The number of rotatable bonds is 7. The fourth-order valence-electron chi connectivity index (χ4n) is 1.45. The molecule has 1 N–H and O–H groups in total. The lowest BCUT2D eigenvalue weighted by atomic mass is 9.76. The summed E-state index contributed by atoms with van der Waals surface area (Å²) < 4.78 is 5.12. The van der Waals surface area contributed by atoms with Crippen LogP contribution in [0.4, 0.5) is 0 Å². The van der Waals surface area contributed by atoms with Gasteiger partial charge in [0.15, 0.2) is 5.82 Å². The van der Waals surface area contributed by atoms with E-state index in [1.165, 1.54) is 0 Å². The average molecular weight is 272 g/mol. The van der Waals surface area contributed by atoms with Gasteiger partial charge >= 0.3 is 5.97 Å². The van der Waals surface area contributed by atoms with Gasteiger partial charge in [-0.3, -0.25) is 4.79 Å². The first kappa shape index (κ1) is 15.0. The van der Waals surface area contributed by atoms with Gasteiger partial charge in [-0.25, -0.2) is 0 Å². The Balaban J connectivity index is 2.76. The molecular weight excluding hydrogens is 252 g/mol. The van der Waals surface area contributed by atoms with Crippen molar-refractivity contribution in [2.24, 2.45) is 11.3 Å². The van der Waals surface area contributed by atoms with Crippen LogP contribution in [-0.2, 0) is 17.0 Å². The van der Waals surface area contributed by atoms with Crippen LogP contribution in [0.15, 0.2) is 4.52 Å². The third-order valence-electron chi connectivity index (χ3n) is 3.23. The summed E-state index contributed by atoms with van der Waals surface area (Å²) in [4.78, 5) is 15.6. The molecule has 0 saturated heterocycles. The van der Waals surface area contributed by atoms with E-state index in [2.05, 4.69) is 17.1 Å². The Morgan fingerprint density at radius 1 is 1.56 bits per heavy atom. The number of aromatic nitrogens is 2. The Bertz CT molecular complexity index is 406. The minimum Gasteiger partial charge on any atom is -0.481 e. The summed E-state index contributed by atoms with van der Waals surface area (Å²) >= 11 is 1.70. The number of carbonyl (C=O) groups is 1. The van der Waals surface area contributed by atoms with E-state index in [1.54, 1.807) is 18.7 Å². The summed E-state index contributed by atoms with van der Waals surface area (Å²) in [6.07, 6.45) is 0.268. The Hall–Kier alpha value is -1.04. The number of carboxylic acid groups (broad SMARTS) is 1. The first-order valence-electron chi connectivity index (χ1n) is 6.02. The molecule has 0 fully saturated rings. The highest BCUT2D eigenvalue weighted by molar-refractivity contribution is 7.98. The monoisotopic (exact) mass is 272 g/mol. The van der Waals surface area contributed by atoms with Gasteiger partial charge in [0, 0.05) is 6.42 Å². The van der Waals surface area contributed by atoms with E-state index < -0.39 is 11.4 Å². The van der Waals surface area contributed by atoms with Gasteiger partial charge in [0.1, 0.15) is 0 Å². The van der Waals surface area contributed by atoms with Gasteiger partial charge in [0.05, 0.1) is 11.2 Å². The molecule has 1 aromatic rings. The van der Waals surface area contributed by atoms with E-state index in [-0.39, 0.29) is 12.3 Å². The molecule has 0 amide bonds. The molecule has 6 heteroatoms. The zero-order valence-corrected chi connectivity index (χ0v) is 12.1. The second-order valence-electron chi connectivity index (χ2n) is 4.80. The molecule has 1 aromatic heterocycles. The second-order valence-corrected chi connectivity index (χ2v) is 6.07. The molecule has 1 heterocycles. The Morgan fingerprint density at radius 2 is 2.22 bits per heavy atom. The Labute approximate surface area is 111 Å². The molecule has 0 aliphatic heterocycles. The van der Waals surface area contributed by atoms with E-state index in [0.29, 0.717) is 17.5 Å². The average Bonchev–Trinajstić information content (AvgIpc) is 2.73. The van der Waals surface area contributed by atoms with Crippen molar-refractivity contribution in [1.29, 1.82) is 0 Å². The Kier molecular flexibility index (Phi) is 5.19. The number of carboxylic acids is 1. The molecule has 0 saturated carbocycles. The van der Waals surface area contributed by atoms with Crippen LogP contribution >= 0.6 is 11.8 Å². The summed E-state index contributed by atoms with van der Waals surface area (Å²) in [5, 5.41) is 13.2. The van der Waals surface area contributed by atoms with Crippen LogP contribution in [0.1, 0.15) is 39.4 Å². The minimum atomic E-state index is -0.873. The lowest BCUT2D eigenvalue weighted by Gasteiger charge is -2.27. The third-order valence-corrected chi connectivity index (χ3v) is 4.10. The van der Waals surface area contributed by atoms with Crippen LogP contribution in [-0.4, -0.2) is 27.0 Å². The van der Waals surface area contributed by atoms with Gasteiger partial charge in [-0.2, -0.15) is 16.7 Å². The van der Waals surface area contributed by atoms with Crippen LogP contribution in [0.25, 0.3) is 0 Å². The molecule has 1 rings (SSSR count). The molecule has 1 unspecified atom stereocenters. The van der Waals surface area contributed by atoms with Gasteiger partial charge in [-0.15, -0.1) is 0 Å². The summed E-state index contributed by atoms with van der Waals surface area (Å²) in [5.74, 6) is 1.89. The number of aliphatic carboxylic acids is 1. The van der Waals surface area contributed by atoms with Crippen LogP contribution in [0.2, 0.25) is 0 Å². The topological polar surface area (TPSA) is 76.2 Å². The number of hydrogen-bond donors (Lipinski definition) is 1. The lowest BCUT2D eigenvalue weighted by molar-refractivity contribution is -0.150. The van der Waals surface area contributed by atoms with Gasteiger partial charge in [-0.1, -0.05) is 25.9 Å². The quantitative estimate of drug-likeness (QED) is 0.822. The summed E-state index contributed by atoms with van der Waals surface area (Å²) in [5.41, 5.74) is -0.873. The highest BCUT2D eigenvalue weighted by Crippen LogP contribution is 2.31. The standard InChI is InChI=1S/C12H20N2O3S/c1-5-18-7-9-13-10(17-14-9)6-12(4,8(2)3)11(15)16/h8H,5-7H2,1-4H3,(H,15,16). The van der Waals surface area contributed by atoms with Crippen molar-refractivity contribution in [2.45, 2.75) is 39.9 Å². The summed E-state index contributed by atoms with van der Waals surface area (Å²) in [6, 6.07) is 0. The molecule has 5 nitrogen and oxygen atoms in total. The van der Waals surface area contributed by atoms with E-state index >= 15 is 0 Å². The van der Waals surface area contributed by atoms with E-state index in [1.807, 2.05) is 13.8 Å². The van der Waals surface area contributed by atoms with Crippen molar-refractivity contribution in [3.63, 3.8) is 0 Å². The molecule has 0 aromatic carbocycles. The number of hydrogen-bond acceptors (Lipinski definition) is 5. The zero-order chi connectivity index (χ0) is 13.8. The maximum Gasteiger partial charge on any atom is 0.310 e. The minimum absolute atomic E-state index is 0.00429. The SMILES string of the molecule is CCSCc1noc(CC(C)(C(=O)O)C(C)C)n1. The predicted molar refractivity (Wildman–Crippen MR) is 70.4 cm³/mol. The molecule has 102 valence electrons. The molecule has 1 atom stereocenters. The summed E-state index contributed by atoms with van der Waals surface area (Å²) in [7, 11) is 0. The van der Waals surface area contributed by atoms with E-state index in [4.69, 9.17) is 4.52 Å². The maximum absolute atomic E-state index is 11.4. The van der Waals surface area contributed by atoms with Crippen molar-refractivity contribution in [2.75, 3.05) is 5.75 Å². The van der Waals surface area contributed by atoms with Crippen LogP contribution in [0.5, 0.6) is 0 Å². The molecular formula is C12H20N2O3S. The van der Waals surface area contributed by atoms with Crippen molar-refractivity contribution in [1.82, 2.24) is 10.1 Å². The van der Waals surface area contributed by atoms with Crippen LogP contribution in [0.3, 0.4) is 0 Å². The lowest BCUT2D eigenvalue weighted by Crippen LogP contribution is -2.35. The van der Waals surface area contributed by atoms with Gasteiger partial charge in [-0.05, 0) is 18.6 Å². The number of thioether (sulfide) groups is 1. The van der Waals surface area contributed by atoms with Crippen molar-refractivity contribution in [3.05, 3.63) is 11.7 Å². The highest BCUT2D eigenvalue weighted by Gasteiger charge is 2.38. The second kappa shape index (κ2) is 6.22. The van der Waals surface area contributed by atoms with Crippen molar-refractivity contribution >= 4 is 17.7 Å². The van der Waals surface area contributed by atoms with Gasteiger partial charge in [0.25, 0.3) is 0 Å². The molecule has 0 radical (unpaired) electrons. The van der Waals surface area contributed by atoms with E-state index in [0.717, 1.165) is 5.75 Å². The molecule has 0 bridgehead atoms. The molecule has 0 spiro atoms. The summed E-state index contributed by atoms with van der Waals surface area (Å²) in [6.45, 7) is 7.55. The first-order valence-corrected chi connectivity index (χ1v) is 7.18.